The van der Waals surface area contributed by atoms with Gasteiger partial charge in [-0.3, -0.25) is 14.5 Å². The van der Waals surface area contributed by atoms with Crippen molar-refractivity contribution >= 4 is 17.4 Å². The van der Waals surface area contributed by atoms with E-state index in [0.29, 0.717) is 30.9 Å². The van der Waals surface area contributed by atoms with Crippen LogP contribution in [0.3, 0.4) is 0 Å². The van der Waals surface area contributed by atoms with E-state index in [1.54, 1.807) is 29.2 Å². The molecule has 7 nitrogen and oxygen atoms in total. The Balaban J connectivity index is 2.00. The van der Waals surface area contributed by atoms with Gasteiger partial charge in [0.15, 0.2) is 5.78 Å². The van der Waals surface area contributed by atoms with Gasteiger partial charge < -0.3 is 16.0 Å². The predicted molar refractivity (Wildman–Crippen MR) is 95.8 cm³/mol. The number of amides is 1. The molecule has 1 heterocycles. The van der Waals surface area contributed by atoms with Crippen LogP contribution in [0.4, 0.5) is 5.69 Å². The molecular weight excluding hydrogens is 318 g/mol. The summed E-state index contributed by atoms with van der Waals surface area (Å²) in [5, 5.41) is 12.2. The molecule has 1 fully saturated rings. The molecule has 1 aliphatic heterocycles. The van der Waals surface area contributed by atoms with E-state index in [4.69, 9.17) is 5.73 Å². The van der Waals surface area contributed by atoms with Crippen molar-refractivity contribution < 1.29 is 9.59 Å². The van der Waals surface area contributed by atoms with E-state index < -0.39 is 0 Å². The molecule has 0 spiro atoms. The number of nitrogens with two attached hydrogens (primary N) is 1. The highest BCUT2D eigenvalue weighted by atomic mass is 16.2. The number of piperazine rings is 1. The van der Waals surface area contributed by atoms with Crippen molar-refractivity contribution in [2.24, 2.45) is 5.73 Å². The second-order valence-corrected chi connectivity index (χ2v) is 5.87. The van der Waals surface area contributed by atoms with E-state index in [-0.39, 0.29) is 17.3 Å². The minimum absolute atomic E-state index is 0.0421. The molecule has 1 aromatic rings. The zero-order valence-electron chi connectivity index (χ0n) is 14.4. The molecule has 0 aliphatic carbocycles. The molecule has 1 aromatic carbocycles. The number of carbonyl (C=O) groups excluding carboxylic acids is 2. The average molecular weight is 341 g/mol. The molecule has 7 heteroatoms. The van der Waals surface area contributed by atoms with Gasteiger partial charge in [-0.05, 0) is 19.1 Å². The Morgan fingerprint density at radius 2 is 2.04 bits per heavy atom. The van der Waals surface area contributed by atoms with Gasteiger partial charge in [0.2, 0.25) is 0 Å². The molecule has 1 aliphatic rings. The third kappa shape index (κ3) is 5.14. The summed E-state index contributed by atoms with van der Waals surface area (Å²) >= 11 is 0. The number of nitrogens with zero attached hydrogens (tertiary/aromatic N) is 3. The summed E-state index contributed by atoms with van der Waals surface area (Å²) in [5.41, 5.74) is 6.81. The van der Waals surface area contributed by atoms with Crippen LogP contribution in [-0.4, -0.2) is 60.8 Å². The fourth-order valence-electron chi connectivity index (χ4n) is 2.65. The molecule has 0 bridgehead atoms. The summed E-state index contributed by atoms with van der Waals surface area (Å²) in [4.78, 5) is 27.8. The maximum atomic E-state index is 12.5. The van der Waals surface area contributed by atoms with Crippen LogP contribution >= 0.6 is 0 Å². The van der Waals surface area contributed by atoms with Crippen molar-refractivity contribution in [1.29, 1.82) is 5.26 Å². The lowest BCUT2D eigenvalue weighted by Crippen LogP contribution is -2.50. The Bertz CT molecular complexity index is 700. The second-order valence-electron chi connectivity index (χ2n) is 5.87. The Labute approximate surface area is 147 Å². The summed E-state index contributed by atoms with van der Waals surface area (Å²) in [5.74, 6) is -0.329. The zero-order valence-corrected chi connectivity index (χ0v) is 14.4. The van der Waals surface area contributed by atoms with Gasteiger partial charge in [-0.15, -0.1) is 0 Å². The van der Waals surface area contributed by atoms with Gasteiger partial charge in [-0.2, -0.15) is 5.26 Å². The maximum Gasteiger partial charge on any atom is 0.266 e. The molecule has 0 radical (unpaired) electrons. The lowest BCUT2D eigenvalue weighted by Gasteiger charge is -2.34. The van der Waals surface area contributed by atoms with Crippen molar-refractivity contribution in [3.63, 3.8) is 0 Å². The number of carbonyl (C=O) groups is 2. The molecule has 1 saturated heterocycles. The number of benzene rings is 1. The Morgan fingerprint density at radius 3 is 2.64 bits per heavy atom. The number of rotatable bonds is 6. The lowest BCUT2D eigenvalue weighted by atomic mass is 10.1. The normalized spacial score (nSPS) is 15.6. The summed E-state index contributed by atoms with van der Waals surface area (Å²) in [7, 11) is 0. The summed E-state index contributed by atoms with van der Waals surface area (Å²) in [6.45, 7) is 5.59. The lowest BCUT2D eigenvalue weighted by molar-refractivity contribution is -0.128. The molecule has 132 valence electrons. The zero-order chi connectivity index (χ0) is 18.2. The van der Waals surface area contributed by atoms with Gasteiger partial charge in [0.1, 0.15) is 11.6 Å². The van der Waals surface area contributed by atoms with Crippen LogP contribution in [-0.2, 0) is 4.79 Å². The summed E-state index contributed by atoms with van der Waals surface area (Å²) in [6.07, 6.45) is 1.40. The third-order valence-electron chi connectivity index (χ3n) is 4.11. The molecule has 3 N–H and O–H groups in total. The molecular formula is C18H23N5O2. The van der Waals surface area contributed by atoms with Gasteiger partial charge in [0.25, 0.3) is 5.91 Å². The van der Waals surface area contributed by atoms with Crippen LogP contribution < -0.4 is 11.1 Å². The molecule has 25 heavy (non-hydrogen) atoms. The van der Waals surface area contributed by atoms with Crippen molar-refractivity contribution in [3.8, 4) is 6.07 Å². The van der Waals surface area contributed by atoms with Crippen LogP contribution in [0.2, 0.25) is 0 Å². The SMILES string of the molecule is CC(=O)c1cccc(N/C=C(/C#N)C(=O)N2CCN(CCN)CC2)c1. The Morgan fingerprint density at radius 1 is 1.32 bits per heavy atom. The molecule has 0 unspecified atom stereocenters. The molecule has 0 saturated carbocycles. The van der Waals surface area contributed by atoms with Gasteiger partial charge >= 0.3 is 0 Å². The van der Waals surface area contributed by atoms with Gasteiger partial charge in [-0.1, -0.05) is 12.1 Å². The Kier molecular flexibility index (Phi) is 6.69. The standard InChI is InChI=1S/C18H23N5O2/c1-14(24)15-3-2-4-17(11-15)21-13-16(12-20)18(25)23-9-7-22(6-5-19)8-10-23/h2-4,11,13,21H,5-10,19H2,1H3/b16-13-. The fourth-order valence-corrected chi connectivity index (χ4v) is 2.65. The first kappa shape index (κ1) is 18.6. The molecule has 2 rings (SSSR count). The number of ketones is 1. The quantitative estimate of drug-likeness (QED) is 0.451. The number of hydrogen-bond donors (Lipinski definition) is 2. The number of nitriles is 1. The predicted octanol–water partition coefficient (Wildman–Crippen LogP) is 0.811. The highest BCUT2D eigenvalue weighted by Crippen LogP contribution is 2.13. The van der Waals surface area contributed by atoms with E-state index in [2.05, 4.69) is 10.2 Å². The van der Waals surface area contributed by atoms with E-state index in [1.165, 1.54) is 13.1 Å². The van der Waals surface area contributed by atoms with Crippen LogP contribution in [0.15, 0.2) is 36.0 Å². The van der Waals surface area contributed by atoms with Gasteiger partial charge in [-0.25, -0.2) is 0 Å². The summed E-state index contributed by atoms with van der Waals surface area (Å²) in [6, 6.07) is 8.87. The van der Waals surface area contributed by atoms with Crippen LogP contribution in [0, 0.1) is 11.3 Å². The largest absolute Gasteiger partial charge is 0.360 e. The van der Waals surface area contributed by atoms with Crippen molar-refractivity contribution in [2.45, 2.75) is 6.92 Å². The number of nitrogens with one attached hydrogen (secondary N) is 1. The van der Waals surface area contributed by atoms with Crippen molar-refractivity contribution in [1.82, 2.24) is 9.80 Å². The van der Waals surface area contributed by atoms with Gasteiger partial charge in [0.05, 0.1) is 0 Å². The molecule has 1 amide bonds. The fraction of sp³-hybridized carbons (Fsp3) is 0.389. The monoisotopic (exact) mass is 341 g/mol. The van der Waals surface area contributed by atoms with E-state index in [0.717, 1.165) is 19.6 Å². The van der Waals surface area contributed by atoms with E-state index in [9.17, 15) is 14.9 Å². The van der Waals surface area contributed by atoms with Crippen molar-refractivity contribution in [3.05, 3.63) is 41.6 Å². The molecule has 0 atom stereocenters. The highest BCUT2D eigenvalue weighted by Gasteiger charge is 2.23. The van der Waals surface area contributed by atoms with E-state index >= 15 is 0 Å². The van der Waals surface area contributed by atoms with Gasteiger partial charge in [0, 0.05) is 56.7 Å². The minimum atomic E-state index is -0.287. The highest BCUT2D eigenvalue weighted by molar-refractivity contribution is 5.98. The smallest absolute Gasteiger partial charge is 0.266 e. The third-order valence-corrected chi connectivity index (χ3v) is 4.11. The minimum Gasteiger partial charge on any atom is -0.360 e. The topological polar surface area (TPSA) is 102 Å². The number of Topliss-reactive ketones (excluding diaryl/α,β-unsaturated/α-hetero) is 1. The average Bonchev–Trinajstić information content (AvgIpc) is 2.63. The first-order valence-electron chi connectivity index (χ1n) is 8.24. The maximum absolute atomic E-state index is 12.5. The number of hydrogen-bond acceptors (Lipinski definition) is 6. The number of anilines is 1. The second kappa shape index (κ2) is 8.97. The van der Waals surface area contributed by atoms with Crippen LogP contribution in [0.25, 0.3) is 0 Å². The van der Waals surface area contributed by atoms with E-state index in [1.807, 2.05) is 6.07 Å². The molecule has 0 aromatic heterocycles. The Hall–Kier alpha value is -2.69. The van der Waals surface area contributed by atoms with Crippen LogP contribution in [0.5, 0.6) is 0 Å². The first-order valence-corrected chi connectivity index (χ1v) is 8.24. The first-order chi connectivity index (χ1) is 12.0. The van der Waals surface area contributed by atoms with Crippen LogP contribution in [0.1, 0.15) is 17.3 Å². The van der Waals surface area contributed by atoms with Crippen molar-refractivity contribution in [2.75, 3.05) is 44.6 Å². The summed E-state index contributed by atoms with van der Waals surface area (Å²) < 4.78 is 0.